The number of rotatable bonds is 2. The third-order valence-corrected chi connectivity index (χ3v) is 5.51. The average Bonchev–Trinajstić information content (AvgIpc) is 1.67. The molecule has 0 aromatic carbocycles. The third kappa shape index (κ3) is 102. The third-order valence-electron chi connectivity index (χ3n) is 0.612. The van der Waals surface area contributed by atoms with Crippen molar-refractivity contribution < 1.29 is 41.6 Å². The first-order valence-electron chi connectivity index (χ1n) is 6.63. The van der Waals surface area contributed by atoms with Gasteiger partial charge >= 0.3 is 0 Å². The minimum Gasteiger partial charge on any atom is -0.456 e. The molecule has 0 bridgehead atoms. The van der Waals surface area contributed by atoms with Crippen LogP contribution in [0.3, 0.4) is 0 Å². The smallest absolute Gasteiger partial charge is 0.179 e. The molecule has 0 unspecified atom stereocenters. The second-order valence-corrected chi connectivity index (χ2v) is 24.6. The molecule has 0 aliphatic carbocycles. The van der Waals surface area contributed by atoms with E-state index in [1.165, 1.54) is 0 Å². The van der Waals surface area contributed by atoms with E-state index in [-0.39, 0.29) is 41.5 Å². The minimum absolute atomic E-state index is 0. The van der Waals surface area contributed by atoms with Crippen molar-refractivity contribution in [3.8, 4) is 0 Å². The SMILES string of the molecule is C[Si](C)(C)O.C[Si](C)(C)O[Si](C)(C)C.C[Si](C)C.[Y]. The van der Waals surface area contributed by atoms with Gasteiger partial charge in [-0.15, -0.1) is 0 Å². The molecule has 0 heterocycles. The van der Waals surface area contributed by atoms with Crippen LogP contribution in [-0.2, 0) is 36.8 Å². The van der Waals surface area contributed by atoms with Crippen LogP contribution in [0.25, 0.3) is 0 Å². The van der Waals surface area contributed by atoms with Gasteiger partial charge in [0.2, 0.25) is 0 Å². The fourth-order valence-electron chi connectivity index (χ4n) is 0.919. The summed E-state index contributed by atoms with van der Waals surface area (Å²) in [4.78, 5) is 8.66. The fourth-order valence-corrected chi connectivity index (χ4v) is 8.27. The van der Waals surface area contributed by atoms with Gasteiger partial charge in [0.05, 0.1) is 0 Å². The molecule has 0 aliphatic rings. The number of hydrogen-bond donors (Lipinski definition) is 1. The normalized spacial score (nSPS) is 11.7. The summed E-state index contributed by atoms with van der Waals surface area (Å²) < 4.78 is 5.90. The van der Waals surface area contributed by atoms with Crippen molar-refractivity contribution in [3.63, 3.8) is 0 Å². The maximum Gasteiger partial charge on any atom is 0.179 e. The molecule has 0 amide bonds. The van der Waals surface area contributed by atoms with E-state index in [9.17, 15) is 0 Å². The first-order chi connectivity index (χ1) is 7.44. The summed E-state index contributed by atoms with van der Waals surface area (Å²) in [5.41, 5.74) is 0. The van der Waals surface area contributed by atoms with Crippen molar-refractivity contribution in [1.82, 2.24) is 0 Å². The van der Waals surface area contributed by atoms with E-state index in [0.717, 1.165) is 0 Å². The Bertz CT molecular complexity index is 173. The summed E-state index contributed by atoms with van der Waals surface area (Å²) in [5, 5.41) is 0. The molecule has 0 aromatic rings. The van der Waals surface area contributed by atoms with Crippen LogP contribution in [0.1, 0.15) is 0 Å². The molecule has 19 heavy (non-hydrogen) atoms. The first-order valence-corrected chi connectivity index (χ1v) is 19.9. The van der Waals surface area contributed by atoms with Crippen molar-refractivity contribution in [2.24, 2.45) is 0 Å². The Morgan fingerprint density at radius 1 is 0.684 bits per heavy atom. The maximum absolute atomic E-state index is 8.66. The second kappa shape index (κ2) is 12.4. The van der Waals surface area contributed by atoms with Crippen LogP contribution in [-0.4, -0.2) is 38.5 Å². The molecule has 116 valence electrons. The van der Waals surface area contributed by atoms with Crippen molar-refractivity contribution in [2.45, 2.75) is 78.6 Å². The van der Waals surface area contributed by atoms with Gasteiger partial charge in [0.15, 0.2) is 25.0 Å². The minimum atomic E-state index is -1.61. The van der Waals surface area contributed by atoms with E-state index >= 15 is 0 Å². The van der Waals surface area contributed by atoms with Crippen LogP contribution in [0, 0.1) is 0 Å². The van der Waals surface area contributed by atoms with Gasteiger partial charge in [-0.05, 0) is 58.9 Å². The summed E-state index contributed by atoms with van der Waals surface area (Å²) in [6.07, 6.45) is 0. The molecule has 0 aromatic heterocycles. The van der Waals surface area contributed by atoms with Gasteiger partial charge in [-0.2, -0.15) is 0 Å². The quantitative estimate of drug-likeness (QED) is 0.654. The molecule has 7 heteroatoms. The van der Waals surface area contributed by atoms with Crippen molar-refractivity contribution >= 4 is 33.7 Å². The summed E-state index contributed by atoms with van der Waals surface area (Å²) in [6, 6.07) is 0. The summed E-state index contributed by atoms with van der Waals surface area (Å²) in [5.74, 6) is 0. The van der Waals surface area contributed by atoms with Crippen molar-refractivity contribution in [3.05, 3.63) is 0 Å². The van der Waals surface area contributed by atoms with E-state index in [4.69, 9.17) is 8.91 Å². The molecule has 0 fully saturated rings. The van der Waals surface area contributed by atoms with Gasteiger partial charge in [0.1, 0.15) is 0 Å². The molecule has 0 aliphatic heterocycles. The van der Waals surface area contributed by atoms with Crippen molar-refractivity contribution in [2.75, 3.05) is 0 Å². The van der Waals surface area contributed by atoms with Gasteiger partial charge in [-0.3, -0.25) is 0 Å². The zero-order chi connectivity index (χ0) is 15.8. The maximum atomic E-state index is 8.66. The Morgan fingerprint density at radius 3 is 0.789 bits per heavy atom. The van der Waals surface area contributed by atoms with E-state index in [1.54, 1.807) is 0 Å². The first kappa shape index (κ1) is 29.0. The Balaban J connectivity index is -0.0000000964. The molecule has 0 rings (SSSR count). The monoisotopic (exact) mass is 414 g/mol. The van der Waals surface area contributed by atoms with Crippen molar-refractivity contribution in [1.29, 1.82) is 0 Å². The summed E-state index contributed by atoms with van der Waals surface area (Å²) in [7, 11) is -3.95. The summed E-state index contributed by atoms with van der Waals surface area (Å²) in [6.45, 7) is 25.9. The van der Waals surface area contributed by atoms with Crippen LogP contribution in [0.4, 0.5) is 0 Å². The van der Waals surface area contributed by atoms with E-state index in [1.807, 2.05) is 19.6 Å². The van der Waals surface area contributed by atoms with Gasteiger partial charge in [0.25, 0.3) is 0 Å². The van der Waals surface area contributed by atoms with Crippen LogP contribution in [0.5, 0.6) is 0 Å². The zero-order valence-electron chi connectivity index (χ0n) is 15.4. The molecule has 2 radical (unpaired) electrons. The predicted octanol–water partition coefficient (Wildman–Crippen LogP) is 4.85. The Hall–Kier alpha value is 1.89. The predicted molar refractivity (Wildman–Crippen MR) is 96.7 cm³/mol. The van der Waals surface area contributed by atoms with Gasteiger partial charge < -0.3 is 8.91 Å². The van der Waals surface area contributed by atoms with Gasteiger partial charge in [-0.25, -0.2) is 0 Å². The largest absolute Gasteiger partial charge is 0.456 e. The van der Waals surface area contributed by atoms with Crippen LogP contribution >= 0.6 is 0 Å². The van der Waals surface area contributed by atoms with E-state index < -0.39 is 25.0 Å². The van der Waals surface area contributed by atoms with Crippen LogP contribution in [0.15, 0.2) is 0 Å². The zero-order valence-corrected chi connectivity index (χ0v) is 22.3. The molecule has 0 spiro atoms. The Kier molecular flexibility index (Phi) is 19.0. The molecule has 0 saturated heterocycles. The molecule has 2 nitrogen and oxygen atoms in total. The Labute approximate surface area is 153 Å². The second-order valence-electron chi connectivity index (χ2n) is 8.00. The van der Waals surface area contributed by atoms with Crippen LogP contribution < -0.4 is 0 Å². The summed E-state index contributed by atoms with van der Waals surface area (Å²) >= 11 is 0. The molecular weight excluding hydrogens is 377 g/mol. The average molecular weight is 415 g/mol. The van der Waals surface area contributed by atoms with Crippen LogP contribution in [0.2, 0.25) is 78.6 Å². The van der Waals surface area contributed by atoms with Gasteiger partial charge in [-0.1, -0.05) is 19.6 Å². The van der Waals surface area contributed by atoms with Gasteiger partial charge in [0, 0.05) is 41.5 Å². The topological polar surface area (TPSA) is 29.5 Å². The molecule has 0 saturated carbocycles. The molecular formula is C12H37O2Si4Y. The van der Waals surface area contributed by atoms with E-state index in [0.29, 0.717) is 0 Å². The number of hydrogen-bond acceptors (Lipinski definition) is 2. The fraction of sp³-hybridized carbons (Fsp3) is 1.00. The van der Waals surface area contributed by atoms with E-state index in [2.05, 4.69) is 58.9 Å². The molecule has 1 N–H and O–H groups in total. The Morgan fingerprint density at radius 2 is 0.789 bits per heavy atom. The molecule has 0 atom stereocenters. The standard InChI is InChI=1S/C6H18OSi2.C3H10OSi.C3H9Si.Y/c1-8(2,3)7-9(4,5)6;1-5(2,3)4;1-4(2)3;/h1-6H3;4H,1-3H3;1-3H3;.